The first-order valence-electron chi connectivity index (χ1n) is 6.56. The van der Waals surface area contributed by atoms with Gasteiger partial charge in [-0.25, -0.2) is 0 Å². The highest BCUT2D eigenvalue weighted by atomic mass is 32.2. The van der Waals surface area contributed by atoms with Gasteiger partial charge in [0.1, 0.15) is 5.00 Å². The van der Waals surface area contributed by atoms with E-state index in [1.54, 1.807) is 6.26 Å². The van der Waals surface area contributed by atoms with E-state index in [1.165, 1.54) is 30.0 Å². The van der Waals surface area contributed by atoms with Gasteiger partial charge in [-0.05, 0) is 26.0 Å². The molecule has 8 heteroatoms. The van der Waals surface area contributed by atoms with E-state index in [1.807, 2.05) is 0 Å². The Kier molecular flexibility index (Phi) is 4.77. The second-order valence-corrected chi connectivity index (χ2v) is 7.05. The predicted octanol–water partition coefficient (Wildman–Crippen LogP) is 4.40. The van der Waals surface area contributed by atoms with E-state index < -0.39 is 18.6 Å². The number of hydrogen-bond donors (Lipinski definition) is 2. The van der Waals surface area contributed by atoms with Crippen molar-refractivity contribution in [2.75, 3.05) is 17.3 Å². The summed E-state index contributed by atoms with van der Waals surface area (Å²) in [6.07, 6.45) is -1.61. The summed E-state index contributed by atoms with van der Waals surface area (Å²) in [6.45, 7) is 1.47. The zero-order valence-electron chi connectivity index (χ0n) is 11.7. The highest BCUT2D eigenvalue weighted by Gasteiger charge is 2.35. The number of anilines is 2. The Morgan fingerprint density at radius 2 is 2.14 bits per heavy atom. The Labute approximate surface area is 129 Å². The van der Waals surface area contributed by atoms with E-state index in [9.17, 15) is 18.0 Å². The summed E-state index contributed by atoms with van der Waals surface area (Å²) in [5.41, 5.74) is 6.39. The molecular formula is C13H17F3N2OS2. The highest BCUT2D eigenvalue weighted by Crippen LogP contribution is 2.45. The van der Waals surface area contributed by atoms with Crippen LogP contribution in [0.3, 0.4) is 0 Å². The van der Waals surface area contributed by atoms with Crippen molar-refractivity contribution in [2.45, 2.75) is 43.3 Å². The number of carbonyl (C=O) groups excluding carboxylic acids is 1. The van der Waals surface area contributed by atoms with Gasteiger partial charge < -0.3 is 11.1 Å². The molecule has 0 spiro atoms. The van der Waals surface area contributed by atoms with Crippen LogP contribution in [0.2, 0.25) is 0 Å². The molecule has 3 N–H and O–H groups in total. The number of nitrogen functional groups attached to an aromatic ring is 1. The van der Waals surface area contributed by atoms with E-state index in [0.29, 0.717) is 20.5 Å². The minimum atomic E-state index is -4.22. The standard InChI is InChI=1S/C13H17F3N2OS2/c1-6(5-13(14,15)16)18-12-11(20-2)8(17)10(21-12)9(19)7-3-4-7/h6-7,18H,3-5,17H2,1-2H3. The second kappa shape index (κ2) is 6.08. The monoisotopic (exact) mass is 338 g/mol. The molecule has 1 aromatic heterocycles. The van der Waals surface area contributed by atoms with Crippen molar-refractivity contribution in [1.29, 1.82) is 0 Å². The molecule has 3 nitrogen and oxygen atoms in total. The molecule has 0 saturated heterocycles. The van der Waals surface area contributed by atoms with Gasteiger partial charge in [-0.3, -0.25) is 4.79 Å². The van der Waals surface area contributed by atoms with Gasteiger partial charge in [-0.15, -0.1) is 23.1 Å². The number of thioether (sulfide) groups is 1. The van der Waals surface area contributed by atoms with Gasteiger partial charge in [-0.1, -0.05) is 0 Å². The Morgan fingerprint density at radius 3 is 2.62 bits per heavy atom. The maximum atomic E-state index is 12.4. The Hall–Kier alpha value is -0.890. The summed E-state index contributed by atoms with van der Waals surface area (Å²) >= 11 is 2.51. The lowest BCUT2D eigenvalue weighted by Gasteiger charge is -2.16. The minimum absolute atomic E-state index is 0.0179. The Morgan fingerprint density at radius 1 is 1.52 bits per heavy atom. The maximum Gasteiger partial charge on any atom is 0.391 e. The second-order valence-electron chi connectivity index (χ2n) is 5.21. The molecule has 21 heavy (non-hydrogen) atoms. The average Bonchev–Trinajstić information content (AvgIpc) is 3.12. The quantitative estimate of drug-likeness (QED) is 0.596. The molecule has 1 atom stereocenters. The van der Waals surface area contributed by atoms with Crippen molar-refractivity contribution in [3.05, 3.63) is 4.88 Å². The molecule has 1 saturated carbocycles. The highest BCUT2D eigenvalue weighted by molar-refractivity contribution is 7.99. The van der Waals surface area contributed by atoms with Gasteiger partial charge >= 0.3 is 6.18 Å². The summed E-state index contributed by atoms with van der Waals surface area (Å²) in [5.74, 6) is 0.0606. The van der Waals surface area contributed by atoms with Crippen LogP contribution in [0.5, 0.6) is 0 Å². The van der Waals surface area contributed by atoms with E-state index in [-0.39, 0.29) is 11.7 Å². The molecule has 1 fully saturated rings. The van der Waals surface area contributed by atoms with E-state index in [2.05, 4.69) is 5.32 Å². The largest absolute Gasteiger partial charge is 0.396 e. The number of carbonyl (C=O) groups is 1. The van der Waals surface area contributed by atoms with Crippen molar-refractivity contribution in [1.82, 2.24) is 0 Å². The number of nitrogens with one attached hydrogen (secondary N) is 1. The zero-order chi connectivity index (χ0) is 15.8. The smallest absolute Gasteiger partial charge is 0.391 e. The predicted molar refractivity (Wildman–Crippen MR) is 81.3 cm³/mol. The van der Waals surface area contributed by atoms with Crippen molar-refractivity contribution < 1.29 is 18.0 Å². The van der Waals surface area contributed by atoms with Gasteiger partial charge in [0.15, 0.2) is 5.78 Å². The Balaban J connectivity index is 2.18. The fraction of sp³-hybridized carbons (Fsp3) is 0.615. The lowest BCUT2D eigenvalue weighted by molar-refractivity contribution is -0.136. The third-order valence-electron chi connectivity index (χ3n) is 3.19. The van der Waals surface area contributed by atoms with Crippen molar-refractivity contribution in [3.8, 4) is 0 Å². The van der Waals surface area contributed by atoms with E-state index in [0.717, 1.165) is 12.8 Å². The molecule has 0 bridgehead atoms. The normalized spacial score (nSPS) is 16.8. The number of ketones is 1. The first kappa shape index (κ1) is 16.5. The summed E-state index contributed by atoms with van der Waals surface area (Å²) in [7, 11) is 0. The van der Waals surface area contributed by atoms with E-state index >= 15 is 0 Å². The van der Waals surface area contributed by atoms with Gasteiger partial charge in [0.2, 0.25) is 0 Å². The number of nitrogens with two attached hydrogens (primary N) is 1. The van der Waals surface area contributed by atoms with Crippen LogP contribution in [0.15, 0.2) is 4.90 Å². The van der Waals surface area contributed by atoms with Crippen LogP contribution in [-0.2, 0) is 0 Å². The molecular weight excluding hydrogens is 321 g/mol. The Bertz CT molecular complexity index is 538. The summed E-state index contributed by atoms with van der Waals surface area (Å²) in [5, 5.41) is 3.40. The molecule has 0 radical (unpaired) electrons. The van der Waals surface area contributed by atoms with E-state index in [4.69, 9.17) is 5.73 Å². The van der Waals surface area contributed by atoms with Crippen molar-refractivity contribution in [2.24, 2.45) is 5.92 Å². The van der Waals surface area contributed by atoms with Crippen LogP contribution < -0.4 is 11.1 Å². The molecule has 1 aromatic rings. The number of hydrogen-bond acceptors (Lipinski definition) is 5. The molecule has 0 amide bonds. The molecule has 1 unspecified atom stereocenters. The van der Waals surface area contributed by atoms with Gasteiger partial charge in [-0.2, -0.15) is 13.2 Å². The van der Waals surface area contributed by atoms with Crippen molar-refractivity contribution in [3.63, 3.8) is 0 Å². The average molecular weight is 338 g/mol. The SMILES string of the molecule is CSc1c(NC(C)CC(F)(F)F)sc(C(=O)C2CC2)c1N. The molecule has 1 aliphatic rings. The van der Waals surface area contributed by atoms with Crippen LogP contribution in [0.1, 0.15) is 35.9 Å². The fourth-order valence-electron chi connectivity index (χ4n) is 2.06. The molecule has 0 aliphatic heterocycles. The van der Waals surface area contributed by atoms with Crippen LogP contribution in [0.25, 0.3) is 0 Å². The lowest BCUT2D eigenvalue weighted by atomic mass is 10.2. The third-order valence-corrected chi connectivity index (χ3v) is 5.30. The number of alkyl halides is 3. The van der Waals surface area contributed by atoms with Gasteiger partial charge in [0.05, 0.1) is 21.9 Å². The lowest BCUT2D eigenvalue weighted by Crippen LogP contribution is -2.23. The number of halogens is 3. The molecule has 1 aliphatic carbocycles. The maximum absolute atomic E-state index is 12.4. The van der Waals surface area contributed by atoms with Crippen LogP contribution in [0.4, 0.5) is 23.9 Å². The number of thiophene rings is 1. The number of Topliss-reactive ketones (excluding diaryl/α,β-unsaturated/α-hetero) is 1. The van der Waals surface area contributed by atoms with Crippen LogP contribution >= 0.6 is 23.1 Å². The molecule has 1 heterocycles. The van der Waals surface area contributed by atoms with Crippen molar-refractivity contribution >= 4 is 39.6 Å². The van der Waals surface area contributed by atoms with Crippen LogP contribution in [0, 0.1) is 5.92 Å². The summed E-state index contributed by atoms with van der Waals surface area (Å²) in [6, 6.07) is -0.766. The molecule has 0 aromatic carbocycles. The first-order chi connectivity index (χ1) is 9.73. The summed E-state index contributed by atoms with van der Waals surface area (Å²) in [4.78, 5) is 13.3. The molecule has 118 valence electrons. The van der Waals surface area contributed by atoms with Crippen LogP contribution in [-0.4, -0.2) is 24.3 Å². The fourth-order valence-corrected chi connectivity index (χ4v) is 4.21. The zero-order valence-corrected chi connectivity index (χ0v) is 13.3. The topological polar surface area (TPSA) is 55.1 Å². The van der Waals surface area contributed by atoms with Gasteiger partial charge in [0, 0.05) is 12.0 Å². The third kappa shape index (κ3) is 4.06. The minimum Gasteiger partial charge on any atom is -0.396 e. The van der Waals surface area contributed by atoms with Gasteiger partial charge in [0.25, 0.3) is 0 Å². The number of rotatable bonds is 6. The summed E-state index contributed by atoms with van der Waals surface area (Å²) < 4.78 is 37.2. The molecule has 2 rings (SSSR count). The first-order valence-corrected chi connectivity index (χ1v) is 8.60.